The van der Waals surface area contributed by atoms with E-state index in [4.69, 9.17) is 16.5 Å². The molecule has 0 heterocycles. The Kier molecular flexibility index (Phi) is 3.27. The van der Waals surface area contributed by atoms with Crippen LogP contribution in [-0.4, -0.2) is 16.0 Å². The van der Waals surface area contributed by atoms with E-state index in [1.165, 1.54) is 0 Å². The van der Waals surface area contributed by atoms with Crippen LogP contribution in [0.1, 0.15) is 34.6 Å². The Morgan fingerprint density at radius 2 is 1.54 bits per heavy atom. The Hall–Kier alpha value is -0.420. The fourth-order valence-corrected chi connectivity index (χ4v) is 0.564. The second-order valence-corrected chi connectivity index (χ2v) is 4.78. The average molecular weight is 188 g/mol. The SMILES string of the molecule is C=CC(C)(C)O[N+](N)(N)C(C)(C)C. The van der Waals surface area contributed by atoms with Gasteiger partial charge < -0.3 is 0 Å². The molecule has 0 atom stereocenters. The van der Waals surface area contributed by atoms with E-state index in [1.807, 2.05) is 34.6 Å². The van der Waals surface area contributed by atoms with Gasteiger partial charge in [0.15, 0.2) is 5.54 Å². The third kappa shape index (κ3) is 3.44. The molecule has 0 aromatic heterocycles. The monoisotopic (exact) mass is 188 g/mol. The van der Waals surface area contributed by atoms with Crippen LogP contribution >= 0.6 is 0 Å². The summed E-state index contributed by atoms with van der Waals surface area (Å²) in [4.78, 5) is 5.03. The van der Waals surface area contributed by atoms with Gasteiger partial charge in [0.05, 0.1) is 0 Å². The topological polar surface area (TPSA) is 61.3 Å². The molecule has 0 aromatic carbocycles. The zero-order valence-corrected chi connectivity index (χ0v) is 9.29. The van der Waals surface area contributed by atoms with Crippen LogP contribution < -0.4 is 11.7 Å². The Bertz CT molecular complexity index is 192. The smallest absolute Gasteiger partial charge is 0.151 e. The van der Waals surface area contributed by atoms with E-state index in [-0.39, 0.29) is 5.54 Å². The maximum atomic E-state index is 5.80. The number of quaternary nitrogens is 1. The van der Waals surface area contributed by atoms with Crippen molar-refractivity contribution < 1.29 is 9.70 Å². The van der Waals surface area contributed by atoms with Crippen molar-refractivity contribution in [2.45, 2.75) is 45.8 Å². The van der Waals surface area contributed by atoms with Crippen LogP contribution in [-0.2, 0) is 4.84 Å². The number of hydrogen-bond acceptors (Lipinski definition) is 3. The van der Waals surface area contributed by atoms with Crippen molar-refractivity contribution in [2.24, 2.45) is 11.7 Å². The van der Waals surface area contributed by atoms with E-state index in [2.05, 4.69) is 6.58 Å². The molecule has 0 aliphatic heterocycles. The predicted octanol–water partition coefficient (Wildman–Crippen LogP) is 1.25. The minimum atomic E-state index is -0.531. The molecule has 0 fully saturated rings. The van der Waals surface area contributed by atoms with E-state index in [9.17, 15) is 0 Å². The van der Waals surface area contributed by atoms with E-state index < -0.39 is 10.5 Å². The van der Waals surface area contributed by atoms with Gasteiger partial charge in [-0.05, 0) is 39.5 Å². The molecule has 0 saturated carbocycles. The van der Waals surface area contributed by atoms with Gasteiger partial charge in [-0.2, -0.15) is 4.84 Å². The molecule has 78 valence electrons. The number of hydroxylamine groups is 1. The molecule has 0 radical (unpaired) electrons. The Morgan fingerprint density at radius 3 is 1.77 bits per heavy atom. The molecule has 0 rings (SSSR count). The maximum absolute atomic E-state index is 5.80. The number of rotatable bonds is 3. The molecular weight excluding hydrogens is 166 g/mol. The van der Waals surface area contributed by atoms with Crippen LogP contribution in [0.15, 0.2) is 12.7 Å². The van der Waals surface area contributed by atoms with Crippen molar-refractivity contribution in [2.75, 3.05) is 0 Å². The summed E-state index contributed by atoms with van der Waals surface area (Å²) < 4.78 is 0. The summed E-state index contributed by atoms with van der Waals surface area (Å²) in [6, 6.07) is 0. The summed E-state index contributed by atoms with van der Waals surface area (Å²) in [5.74, 6) is 11.6. The minimum absolute atomic E-state index is 0.375. The van der Waals surface area contributed by atoms with Gasteiger partial charge in [-0.3, -0.25) is 0 Å². The molecule has 0 bridgehead atoms. The van der Waals surface area contributed by atoms with Gasteiger partial charge in [0.2, 0.25) is 0 Å². The minimum Gasteiger partial charge on any atom is -0.151 e. The van der Waals surface area contributed by atoms with Crippen molar-refractivity contribution in [1.29, 1.82) is 0 Å². The second-order valence-electron chi connectivity index (χ2n) is 4.78. The fraction of sp³-hybridized carbons (Fsp3) is 0.778. The maximum Gasteiger partial charge on any atom is 0.159 e. The molecule has 0 aliphatic carbocycles. The first-order valence-corrected chi connectivity index (χ1v) is 4.32. The van der Waals surface area contributed by atoms with Gasteiger partial charge >= 0.3 is 0 Å². The lowest BCUT2D eigenvalue weighted by Crippen LogP contribution is -2.71. The van der Waals surface area contributed by atoms with Gasteiger partial charge in [-0.1, -0.05) is 6.08 Å². The fourth-order valence-electron chi connectivity index (χ4n) is 0.564. The Balaban J connectivity index is 4.61. The van der Waals surface area contributed by atoms with Crippen LogP contribution in [0.4, 0.5) is 0 Å². The summed E-state index contributed by atoms with van der Waals surface area (Å²) in [5, 5.41) is 0. The first kappa shape index (κ1) is 12.6. The van der Waals surface area contributed by atoms with Gasteiger partial charge in [0.1, 0.15) is 5.60 Å². The molecule has 0 unspecified atom stereocenters. The molecule has 0 spiro atoms. The van der Waals surface area contributed by atoms with Gasteiger partial charge in [-0.25, -0.2) is 0 Å². The lowest BCUT2D eigenvalue weighted by atomic mass is 10.1. The molecule has 0 aliphatic rings. The third-order valence-corrected chi connectivity index (χ3v) is 1.93. The predicted molar refractivity (Wildman–Crippen MR) is 53.7 cm³/mol. The molecule has 13 heavy (non-hydrogen) atoms. The first-order chi connectivity index (χ1) is 5.52. The van der Waals surface area contributed by atoms with Crippen LogP contribution in [0, 0.1) is 0 Å². The molecule has 0 saturated heterocycles. The first-order valence-electron chi connectivity index (χ1n) is 4.32. The standard InChI is InChI=1S/C9H22N3O/c1-7-9(5,6)13-12(10,11)8(2,3)4/h7H,1,10-11H2,2-6H3/q+1. The molecular formula is C9H22N3O+. The summed E-state index contributed by atoms with van der Waals surface area (Å²) in [6.07, 6.45) is 1.67. The summed E-state index contributed by atoms with van der Waals surface area (Å²) >= 11 is 0. The quantitative estimate of drug-likeness (QED) is 0.303. The molecule has 4 heteroatoms. The normalized spacial score (nSPS) is 14.4. The summed E-state index contributed by atoms with van der Waals surface area (Å²) in [5.41, 5.74) is -0.906. The van der Waals surface area contributed by atoms with Crippen LogP contribution in [0.2, 0.25) is 0 Å². The number of nitrogens with two attached hydrogens (primary N) is 2. The molecule has 0 aromatic rings. The van der Waals surface area contributed by atoms with Crippen molar-refractivity contribution in [3.63, 3.8) is 0 Å². The highest BCUT2D eigenvalue weighted by Gasteiger charge is 2.41. The number of hydrogen-bond donors (Lipinski definition) is 2. The third-order valence-electron chi connectivity index (χ3n) is 1.93. The van der Waals surface area contributed by atoms with Crippen LogP contribution in [0.5, 0.6) is 0 Å². The van der Waals surface area contributed by atoms with Crippen molar-refractivity contribution in [1.82, 2.24) is 0 Å². The molecule has 4 N–H and O–H groups in total. The van der Waals surface area contributed by atoms with Crippen molar-refractivity contribution in [3.05, 3.63) is 12.7 Å². The largest absolute Gasteiger partial charge is 0.159 e. The highest BCUT2D eigenvalue weighted by molar-refractivity contribution is 4.88. The van der Waals surface area contributed by atoms with Gasteiger partial charge in [0.25, 0.3) is 0 Å². The van der Waals surface area contributed by atoms with E-state index in [0.29, 0.717) is 0 Å². The van der Waals surface area contributed by atoms with E-state index in [0.717, 1.165) is 0 Å². The average Bonchev–Trinajstić information content (AvgIpc) is 1.83. The summed E-state index contributed by atoms with van der Waals surface area (Å²) in [7, 11) is 0. The second kappa shape index (κ2) is 3.38. The van der Waals surface area contributed by atoms with Gasteiger partial charge in [0, 0.05) is 0 Å². The van der Waals surface area contributed by atoms with Crippen LogP contribution in [0.3, 0.4) is 0 Å². The van der Waals surface area contributed by atoms with Crippen molar-refractivity contribution in [3.8, 4) is 0 Å². The van der Waals surface area contributed by atoms with Gasteiger partial charge in [-0.15, -0.1) is 18.3 Å². The zero-order valence-electron chi connectivity index (χ0n) is 9.29. The zero-order chi connectivity index (χ0) is 10.9. The molecule has 4 nitrogen and oxygen atoms in total. The number of nitrogens with zero attached hydrogens (tertiary/aromatic N) is 1. The Labute approximate surface area is 80.6 Å². The lowest BCUT2D eigenvalue weighted by Gasteiger charge is -2.39. The lowest BCUT2D eigenvalue weighted by molar-refractivity contribution is -1.16. The highest BCUT2D eigenvalue weighted by Crippen LogP contribution is 2.21. The highest BCUT2D eigenvalue weighted by atomic mass is 16.8. The van der Waals surface area contributed by atoms with E-state index in [1.54, 1.807) is 6.08 Å². The van der Waals surface area contributed by atoms with Crippen molar-refractivity contribution >= 4 is 0 Å². The molecule has 0 amide bonds. The Morgan fingerprint density at radius 1 is 1.15 bits per heavy atom. The summed E-state index contributed by atoms with van der Waals surface area (Å²) in [6.45, 7) is 13.1. The van der Waals surface area contributed by atoms with E-state index >= 15 is 0 Å². The van der Waals surface area contributed by atoms with Crippen LogP contribution in [0.25, 0.3) is 0 Å².